The SMILES string of the molecule is CC(N)CCCC(C)CNCC1CCCCO1. The van der Waals surface area contributed by atoms with Gasteiger partial charge < -0.3 is 15.8 Å². The van der Waals surface area contributed by atoms with Gasteiger partial charge in [-0.1, -0.05) is 13.3 Å². The highest BCUT2D eigenvalue weighted by molar-refractivity contribution is 4.68. The molecule has 1 aliphatic rings. The summed E-state index contributed by atoms with van der Waals surface area (Å²) in [6, 6.07) is 0.353. The van der Waals surface area contributed by atoms with Crippen molar-refractivity contribution in [2.45, 2.75) is 64.5 Å². The first-order valence-electron chi connectivity index (χ1n) is 7.26. The van der Waals surface area contributed by atoms with Crippen LogP contribution >= 0.6 is 0 Å². The van der Waals surface area contributed by atoms with Gasteiger partial charge in [0.15, 0.2) is 0 Å². The summed E-state index contributed by atoms with van der Waals surface area (Å²) in [6.07, 6.45) is 7.93. The quantitative estimate of drug-likeness (QED) is 0.686. The molecule has 3 atom stereocenters. The summed E-state index contributed by atoms with van der Waals surface area (Å²) < 4.78 is 5.69. The summed E-state index contributed by atoms with van der Waals surface area (Å²) in [5, 5.41) is 3.54. The third-order valence-electron chi connectivity index (χ3n) is 3.50. The van der Waals surface area contributed by atoms with Crippen LogP contribution in [0.15, 0.2) is 0 Å². The number of rotatable bonds is 8. The second-order valence-corrected chi connectivity index (χ2v) is 5.66. The van der Waals surface area contributed by atoms with Crippen molar-refractivity contribution in [1.29, 1.82) is 0 Å². The fourth-order valence-electron chi connectivity index (χ4n) is 2.35. The second kappa shape index (κ2) is 8.90. The molecule has 3 nitrogen and oxygen atoms in total. The molecule has 1 aliphatic heterocycles. The molecule has 3 heteroatoms. The zero-order valence-corrected chi connectivity index (χ0v) is 11.6. The van der Waals surface area contributed by atoms with Gasteiger partial charge in [-0.2, -0.15) is 0 Å². The molecule has 0 aromatic rings. The van der Waals surface area contributed by atoms with Crippen LogP contribution in [0.2, 0.25) is 0 Å². The lowest BCUT2D eigenvalue weighted by molar-refractivity contribution is 0.0165. The molecule has 0 spiro atoms. The Bertz CT molecular complexity index is 179. The van der Waals surface area contributed by atoms with Gasteiger partial charge >= 0.3 is 0 Å². The van der Waals surface area contributed by atoms with Crippen molar-refractivity contribution in [3.05, 3.63) is 0 Å². The topological polar surface area (TPSA) is 47.3 Å². The largest absolute Gasteiger partial charge is 0.377 e. The van der Waals surface area contributed by atoms with E-state index in [-0.39, 0.29) is 0 Å². The Morgan fingerprint density at radius 2 is 2.12 bits per heavy atom. The predicted molar refractivity (Wildman–Crippen MR) is 73.1 cm³/mol. The molecule has 0 amide bonds. The van der Waals surface area contributed by atoms with Crippen molar-refractivity contribution in [2.24, 2.45) is 11.7 Å². The molecule has 0 bridgehead atoms. The van der Waals surface area contributed by atoms with Crippen LogP contribution < -0.4 is 11.1 Å². The minimum Gasteiger partial charge on any atom is -0.377 e. The van der Waals surface area contributed by atoms with Gasteiger partial charge in [0, 0.05) is 19.2 Å². The van der Waals surface area contributed by atoms with Crippen LogP contribution in [-0.4, -0.2) is 31.8 Å². The highest BCUT2D eigenvalue weighted by Gasteiger charge is 2.13. The van der Waals surface area contributed by atoms with E-state index in [0.717, 1.165) is 32.0 Å². The molecule has 1 saturated heterocycles. The number of nitrogens with one attached hydrogen (secondary N) is 1. The number of nitrogens with two attached hydrogens (primary N) is 1. The maximum absolute atomic E-state index is 5.74. The average Bonchev–Trinajstić information content (AvgIpc) is 2.30. The highest BCUT2D eigenvalue weighted by Crippen LogP contribution is 2.12. The van der Waals surface area contributed by atoms with Crippen molar-refractivity contribution < 1.29 is 4.74 Å². The monoisotopic (exact) mass is 242 g/mol. The van der Waals surface area contributed by atoms with Crippen molar-refractivity contribution >= 4 is 0 Å². The smallest absolute Gasteiger partial charge is 0.0699 e. The van der Waals surface area contributed by atoms with Crippen LogP contribution in [0.1, 0.15) is 52.4 Å². The third kappa shape index (κ3) is 7.74. The Kier molecular flexibility index (Phi) is 7.82. The zero-order valence-electron chi connectivity index (χ0n) is 11.6. The van der Waals surface area contributed by atoms with E-state index in [2.05, 4.69) is 19.2 Å². The van der Waals surface area contributed by atoms with Crippen molar-refractivity contribution in [2.75, 3.05) is 19.7 Å². The molecular weight excluding hydrogens is 212 g/mol. The normalized spacial score (nSPS) is 24.5. The van der Waals surface area contributed by atoms with Gasteiger partial charge in [-0.3, -0.25) is 0 Å². The molecule has 1 heterocycles. The summed E-state index contributed by atoms with van der Waals surface area (Å²) in [4.78, 5) is 0. The number of hydrogen-bond acceptors (Lipinski definition) is 3. The zero-order chi connectivity index (χ0) is 12.5. The molecule has 3 N–H and O–H groups in total. The minimum atomic E-state index is 0.353. The lowest BCUT2D eigenvalue weighted by atomic mass is 10.0. The molecule has 102 valence electrons. The Morgan fingerprint density at radius 3 is 2.76 bits per heavy atom. The molecule has 0 aromatic carbocycles. The van der Waals surface area contributed by atoms with E-state index in [1.165, 1.54) is 32.1 Å². The van der Waals surface area contributed by atoms with Crippen LogP contribution in [0, 0.1) is 5.92 Å². The van der Waals surface area contributed by atoms with Gasteiger partial charge in [-0.05, 0) is 51.5 Å². The molecule has 0 aromatic heterocycles. The van der Waals surface area contributed by atoms with E-state index < -0.39 is 0 Å². The Hall–Kier alpha value is -0.120. The first-order valence-corrected chi connectivity index (χ1v) is 7.26. The number of ether oxygens (including phenoxy) is 1. The van der Waals surface area contributed by atoms with Crippen molar-refractivity contribution in [3.8, 4) is 0 Å². The Balaban J connectivity index is 1.93. The van der Waals surface area contributed by atoms with E-state index in [0.29, 0.717) is 12.1 Å². The summed E-state index contributed by atoms with van der Waals surface area (Å²) in [5.74, 6) is 0.748. The predicted octanol–water partition coefficient (Wildman–Crippen LogP) is 2.30. The van der Waals surface area contributed by atoms with Gasteiger partial charge in [0.2, 0.25) is 0 Å². The molecule has 17 heavy (non-hydrogen) atoms. The van der Waals surface area contributed by atoms with Gasteiger partial charge in [0.05, 0.1) is 6.10 Å². The summed E-state index contributed by atoms with van der Waals surface area (Å²) in [7, 11) is 0. The van der Waals surface area contributed by atoms with Crippen LogP contribution in [0.5, 0.6) is 0 Å². The van der Waals surface area contributed by atoms with Crippen molar-refractivity contribution in [3.63, 3.8) is 0 Å². The molecule has 0 aliphatic carbocycles. The van der Waals surface area contributed by atoms with Gasteiger partial charge in [0.25, 0.3) is 0 Å². The minimum absolute atomic E-state index is 0.353. The molecule has 0 saturated carbocycles. The fourth-order valence-corrected chi connectivity index (χ4v) is 2.35. The molecule has 1 rings (SSSR count). The second-order valence-electron chi connectivity index (χ2n) is 5.66. The molecule has 1 fully saturated rings. The lowest BCUT2D eigenvalue weighted by Crippen LogP contribution is -2.34. The van der Waals surface area contributed by atoms with Gasteiger partial charge in [-0.25, -0.2) is 0 Å². The van der Waals surface area contributed by atoms with Crippen molar-refractivity contribution in [1.82, 2.24) is 5.32 Å². The van der Waals surface area contributed by atoms with E-state index in [9.17, 15) is 0 Å². The van der Waals surface area contributed by atoms with Gasteiger partial charge in [0.1, 0.15) is 0 Å². The first kappa shape index (κ1) is 14.9. The summed E-state index contributed by atoms with van der Waals surface area (Å²) >= 11 is 0. The van der Waals surface area contributed by atoms with E-state index in [1.807, 2.05) is 0 Å². The maximum atomic E-state index is 5.74. The van der Waals surface area contributed by atoms with Crippen LogP contribution in [0.3, 0.4) is 0 Å². The standard InChI is InChI=1S/C14H30N2O/c1-12(6-5-7-13(2)15)10-16-11-14-8-3-4-9-17-14/h12-14,16H,3-11,15H2,1-2H3. The number of hydrogen-bond donors (Lipinski definition) is 2. The average molecular weight is 242 g/mol. The van der Waals surface area contributed by atoms with Crippen LogP contribution in [-0.2, 0) is 4.74 Å². The van der Waals surface area contributed by atoms with E-state index >= 15 is 0 Å². The summed E-state index contributed by atoms with van der Waals surface area (Å²) in [5.41, 5.74) is 5.74. The lowest BCUT2D eigenvalue weighted by Gasteiger charge is -2.23. The van der Waals surface area contributed by atoms with E-state index in [1.54, 1.807) is 0 Å². The highest BCUT2D eigenvalue weighted by atomic mass is 16.5. The molecular formula is C14H30N2O. The molecule has 3 unspecified atom stereocenters. The Labute approximate surface area is 106 Å². The van der Waals surface area contributed by atoms with E-state index in [4.69, 9.17) is 10.5 Å². The molecule has 0 radical (unpaired) electrons. The fraction of sp³-hybridized carbons (Fsp3) is 1.00. The van der Waals surface area contributed by atoms with Crippen LogP contribution in [0.4, 0.5) is 0 Å². The van der Waals surface area contributed by atoms with Gasteiger partial charge in [-0.15, -0.1) is 0 Å². The maximum Gasteiger partial charge on any atom is 0.0699 e. The Morgan fingerprint density at radius 1 is 1.29 bits per heavy atom. The summed E-state index contributed by atoms with van der Waals surface area (Å²) in [6.45, 7) is 7.49. The first-order chi connectivity index (χ1) is 8.18. The van der Waals surface area contributed by atoms with Crippen LogP contribution in [0.25, 0.3) is 0 Å². The third-order valence-corrected chi connectivity index (χ3v) is 3.50.